The lowest BCUT2D eigenvalue weighted by Gasteiger charge is -2.29. The molecule has 1 aliphatic carbocycles. The number of alkyl halides is 3. The summed E-state index contributed by atoms with van der Waals surface area (Å²) in [7, 11) is 3.84. The first-order chi connectivity index (χ1) is 15.0. The molecule has 32 heavy (non-hydrogen) atoms. The fourth-order valence-corrected chi connectivity index (χ4v) is 3.80. The maximum absolute atomic E-state index is 13.7. The van der Waals surface area contributed by atoms with E-state index in [4.69, 9.17) is 0 Å². The molecule has 0 spiro atoms. The molecule has 0 bridgehead atoms. The predicted octanol–water partition coefficient (Wildman–Crippen LogP) is 4.41. The summed E-state index contributed by atoms with van der Waals surface area (Å²) in [4.78, 5) is 23.0. The van der Waals surface area contributed by atoms with Crippen LogP contribution in [0.2, 0.25) is 0 Å². The number of amides is 1. The number of nitrogens with one attached hydrogen (secondary N) is 2. The zero-order valence-electron chi connectivity index (χ0n) is 18.3. The highest BCUT2D eigenvalue weighted by atomic mass is 19.4. The Bertz CT molecular complexity index is 956. The molecule has 1 aromatic carbocycles. The molecule has 1 aliphatic rings. The summed E-state index contributed by atoms with van der Waals surface area (Å²) in [6.07, 6.45) is -1.23. The molecule has 0 saturated heterocycles. The second-order valence-corrected chi connectivity index (χ2v) is 8.32. The maximum Gasteiger partial charge on any atom is 0.419 e. The normalized spacial score (nSPS) is 18.8. The Labute approximate surface area is 184 Å². The Balaban J connectivity index is 1.48. The molecule has 0 atom stereocenters. The Kier molecular flexibility index (Phi) is 7.20. The monoisotopic (exact) mass is 453 g/mol. The van der Waals surface area contributed by atoms with E-state index in [1.165, 1.54) is 0 Å². The van der Waals surface area contributed by atoms with E-state index in [0.717, 1.165) is 43.4 Å². The third kappa shape index (κ3) is 6.08. The van der Waals surface area contributed by atoms with Crippen LogP contribution < -0.4 is 15.5 Å². The van der Waals surface area contributed by atoms with Gasteiger partial charge in [0.05, 0.1) is 5.56 Å². The fraction of sp³-hybridized carbons (Fsp3) is 0.500. The van der Waals surface area contributed by atoms with Crippen molar-refractivity contribution < 1.29 is 22.4 Å². The standard InChI is InChI=1S/C22H27F4N5O/c1-13-28-19(11-20(29-13)31(2)3)30-16-7-4-14(5-8-16)12-27-21(32)15-6-9-17(18(23)10-15)22(24,25)26/h6,9-11,14,16H,4-5,7-8,12H2,1-3H3,(H,27,32)(H,28,29,30). The number of carbonyl (C=O) groups is 1. The van der Waals surface area contributed by atoms with Crippen LogP contribution in [0.25, 0.3) is 0 Å². The average Bonchev–Trinajstić information content (AvgIpc) is 2.71. The number of halogens is 4. The molecule has 1 saturated carbocycles. The minimum absolute atomic E-state index is 0.123. The van der Waals surface area contributed by atoms with E-state index in [2.05, 4.69) is 20.6 Å². The molecule has 0 aliphatic heterocycles. The second kappa shape index (κ2) is 9.70. The van der Waals surface area contributed by atoms with Gasteiger partial charge in [-0.15, -0.1) is 0 Å². The number of benzene rings is 1. The van der Waals surface area contributed by atoms with Gasteiger partial charge in [0.25, 0.3) is 5.91 Å². The van der Waals surface area contributed by atoms with Crippen LogP contribution in [0, 0.1) is 18.7 Å². The van der Waals surface area contributed by atoms with Crippen LogP contribution in [0.3, 0.4) is 0 Å². The van der Waals surface area contributed by atoms with Crippen LogP contribution in [-0.4, -0.2) is 42.6 Å². The molecule has 2 N–H and O–H groups in total. The van der Waals surface area contributed by atoms with Crippen LogP contribution in [0.5, 0.6) is 0 Å². The molecule has 1 amide bonds. The lowest BCUT2D eigenvalue weighted by Crippen LogP contribution is -2.34. The summed E-state index contributed by atoms with van der Waals surface area (Å²) in [6, 6.07) is 4.38. The van der Waals surface area contributed by atoms with E-state index in [0.29, 0.717) is 24.5 Å². The molecule has 2 aromatic rings. The van der Waals surface area contributed by atoms with Gasteiger partial charge >= 0.3 is 6.18 Å². The zero-order chi connectivity index (χ0) is 23.5. The van der Waals surface area contributed by atoms with E-state index in [-0.39, 0.29) is 17.5 Å². The summed E-state index contributed by atoms with van der Waals surface area (Å²) >= 11 is 0. The maximum atomic E-state index is 13.7. The van der Waals surface area contributed by atoms with Gasteiger partial charge in [-0.2, -0.15) is 13.2 Å². The minimum atomic E-state index is -4.79. The van der Waals surface area contributed by atoms with Crippen molar-refractivity contribution in [3.63, 3.8) is 0 Å². The predicted molar refractivity (Wildman–Crippen MR) is 114 cm³/mol. The van der Waals surface area contributed by atoms with Crippen molar-refractivity contribution in [1.82, 2.24) is 15.3 Å². The lowest BCUT2D eigenvalue weighted by atomic mass is 9.86. The Hall–Kier alpha value is -2.91. The van der Waals surface area contributed by atoms with Crippen LogP contribution in [-0.2, 0) is 6.18 Å². The third-order valence-electron chi connectivity index (χ3n) is 5.57. The van der Waals surface area contributed by atoms with Gasteiger partial charge < -0.3 is 15.5 Å². The van der Waals surface area contributed by atoms with Crippen LogP contribution in [0.15, 0.2) is 24.3 Å². The van der Waals surface area contributed by atoms with Gasteiger partial charge in [0.15, 0.2) is 0 Å². The zero-order valence-corrected chi connectivity index (χ0v) is 18.3. The van der Waals surface area contributed by atoms with E-state index >= 15 is 0 Å². The van der Waals surface area contributed by atoms with Crippen LogP contribution in [0.4, 0.5) is 29.2 Å². The summed E-state index contributed by atoms with van der Waals surface area (Å²) in [5.41, 5.74) is -1.50. The second-order valence-electron chi connectivity index (χ2n) is 8.32. The van der Waals surface area contributed by atoms with Crippen molar-refractivity contribution >= 4 is 17.5 Å². The van der Waals surface area contributed by atoms with E-state index in [1.807, 2.05) is 32.0 Å². The molecule has 174 valence electrons. The number of hydrogen-bond acceptors (Lipinski definition) is 5. The van der Waals surface area contributed by atoms with E-state index in [1.54, 1.807) is 0 Å². The Morgan fingerprint density at radius 1 is 1.12 bits per heavy atom. The van der Waals surface area contributed by atoms with E-state index < -0.39 is 23.5 Å². The van der Waals surface area contributed by atoms with Crippen molar-refractivity contribution in [3.8, 4) is 0 Å². The van der Waals surface area contributed by atoms with Gasteiger partial charge in [-0.3, -0.25) is 4.79 Å². The number of hydrogen-bond donors (Lipinski definition) is 2. The number of nitrogens with zero attached hydrogens (tertiary/aromatic N) is 3. The highest BCUT2D eigenvalue weighted by Gasteiger charge is 2.34. The van der Waals surface area contributed by atoms with Crippen molar-refractivity contribution in [3.05, 3.63) is 47.0 Å². The molecule has 1 heterocycles. The van der Waals surface area contributed by atoms with Crippen molar-refractivity contribution in [2.75, 3.05) is 30.9 Å². The molecule has 10 heteroatoms. The topological polar surface area (TPSA) is 70.2 Å². The Morgan fingerprint density at radius 3 is 2.41 bits per heavy atom. The molecule has 1 aromatic heterocycles. The number of aryl methyl sites for hydroxylation is 1. The summed E-state index contributed by atoms with van der Waals surface area (Å²) < 4.78 is 51.7. The highest BCUT2D eigenvalue weighted by Crippen LogP contribution is 2.31. The number of anilines is 2. The fourth-order valence-electron chi connectivity index (χ4n) is 3.80. The first-order valence-corrected chi connectivity index (χ1v) is 10.5. The van der Waals surface area contributed by atoms with Crippen molar-refractivity contribution in [2.24, 2.45) is 5.92 Å². The SMILES string of the molecule is Cc1nc(NC2CCC(CNC(=O)c3ccc(C(F)(F)F)c(F)c3)CC2)cc(N(C)C)n1. The minimum Gasteiger partial charge on any atom is -0.367 e. The van der Waals surface area contributed by atoms with Gasteiger partial charge in [-0.25, -0.2) is 14.4 Å². The molecule has 3 rings (SSSR count). The smallest absolute Gasteiger partial charge is 0.367 e. The van der Waals surface area contributed by atoms with Crippen LogP contribution in [0.1, 0.15) is 47.4 Å². The number of aromatic nitrogens is 2. The molecular weight excluding hydrogens is 426 g/mol. The van der Waals surface area contributed by atoms with Gasteiger partial charge in [-0.05, 0) is 56.7 Å². The summed E-state index contributed by atoms with van der Waals surface area (Å²) in [5, 5.41) is 6.17. The molecule has 0 unspecified atom stereocenters. The summed E-state index contributed by atoms with van der Waals surface area (Å²) in [5.74, 6) is 0.522. The molecular formula is C22H27F4N5O. The van der Waals surface area contributed by atoms with E-state index in [9.17, 15) is 22.4 Å². The molecule has 0 radical (unpaired) electrons. The lowest BCUT2D eigenvalue weighted by molar-refractivity contribution is -0.140. The van der Waals surface area contributed by atoms with Gasteiger partial charge in [0.1, 0.15) is 23.3 Å². The quantitative estimate of drug-likeness (QED) is 0.634. The number of rotatable bonds is 6. The summed E-state index contributed by atoms with van der Waals surface area (Å²) in [6.45, 7) is 2.24. The van der Waals surface area contributed by atoms with Crippen molar-refractivity contribution in [2.45, 2.75) is 44.8 Å². The molecule has 6 nitrogen and oxygen atoms in total. The highest BCUT2D eigenvalue weighted by molar-refractivity contribution is 5.94. The third-order valence-corrected chi connectivity index (χ3v) is 5.57. The van der Waals surface area contributed by atoms with Crippen LogP contribution >= 0.6 is 0 Å². The van der Waals surface area contributed by atoms with Crippen molar-refractivity contribution in [1.29, 1.82) is 0 Å². The molecule has 1 fully saturated rings. The first kappa shape index (κ1) is 23.7. The average molecular weight is 453 g/mol. The van der Waals surface area contributed by atoms with Gasteiger partial charge in [0.2, 0.25) is 0 Å². The number of carbonyl (C=O) groups excluding carboxylic acids is 1. The largest absolute Gasteiger partial charge is 0.419 e. The first-order valence-electron chi connectivity index (χ1n) is 10.5. The van der Waals surface area contributed by atoms with Gasteiger partial charge in [0, 0.05) is 38.3 Å². The van der Waals surface area contributed by atoms with Gasteiger partial charge in [-0.1, -0.05) is 0 Å². The Morgan fingerprint density at radius 2 is 1.81 bits per heavy atom.